The molecule has 0 aliphatic rings. The molecule has 0 aromatic heterocycles. The molecule has 0 unspecified atom stereocenters. The van der Waals surface area contributed by atoms with Gasteiger partial charge in [0, 0.05) is 6.42 Å². The summed E-state index contributed by atoms with van der Waals surface area (Å²) in [6.45, 7) is 4.08. The van der Waals surface area contributed by atoms with Crippen molar-refractivity contribution in [3.8, 4) is 0 Å². The van der Waals surface area contributed by atoms with Gasteiger partial charge in [0.05, 0.1) is 12.1 Å². The van der Waals surface area contributed by atoms with E-state index in [1.807, 2.05) is 62.4 Å². The molecule has 0 saturated heterocycles. The van der Waals surface area contributed by atoms with Gasteiger partial charge in [-0.05, 0) is 36.1 Å². The number of hydrogen-bond acceptors (Lipinski definition) is 2. The Morgan fingerprint density at radius 1 is 0.950 bits per heavy atom. The van der Waals surface area contributed by atoms with Crippen LogP contribution in [0.5, 0.6) is 0 Å². The Bertz CT molecular complexity index is 522. The monoisotopic (exact) mass is 291 g/mol. The van der Waals surface area contributed by atoms with Crippen LogP contribution in [0.1, 0.15) is 28.3 Å². The number of aliphatic hydroxyl groups excluding tert-OH is 1. The van der Waals surface area contributed by atoms with Crippen LogP contribution in [0, 0.1) is 13.8 Å². The molecular formula is C17H22ClNO. The molecule has 3 heteroatoms. The van der Waals surface area contributed by atoms with Crippen LogP contribution in [-0.4, -0.2) is 11.2 Å². The first-order chi connectivity index (χ1) is 9.09. The van der Waals surface area contributed by atoms with Crippen molar-refractivity contribution in [2.75, 3.05) is 0 Å². The summed E-state index contributed by atoms with van der Waals surface area (Å²) in [5, 5.41) is 10.3. The van der Waals surface area contributed by atoms with Crippen molar-refractivity contribution in [1.29, 1.82) is 0 Å². The lowest BCUT2D eigenvalue weighted by Gasteiger charge is -2.23. The molecule has 20 heavy (non-hydrogen) atoms. The standard InChI is InChI=1S/C17H21NO.ClH/c1-12-7-6-8-13(2)16(12)17(18)15(19)11-14-9-4-3-5-10-14;/h3-10,15,17,19H,11,18H2,1-2H3;1H/t15-,17-;/m1./s1. The van der Waals surface area contributed by atoms with E-state index < -0.39 is 6.10 Å². The van der Waals surface area contributed by atoms with E-state index in [1.165, 1.54) is 0 Å². The largest absolute Gasteiger partial charge is 0.391 e. The Morgan fingerprint density at radius 3 is 2.05 bits per heavy atom. The van der Waals surface area contributed by atoms with Crippen LogP contribution in [0.4, 0.5) is 0 Å². The molecule has 2 aromatic rings. The van der Waals surface area contributed by atoms with Crippen LogP contribution in [0.2, 0.25) is 0 Å². The topological polar surface area (TPSA) is 46.2 Å². The summed E-state index contributed by atoms with van der Waals surface area (Å²) >= 11 is 0. The molecule has 3 N–H and O–H groups in total. The first-order valence-corrected chi connectivity index (χ1v) is 6.63. The Morgan fingerprint density at radius 2 is 1.50 bits per heavy atom. The van der Waals surface area contributed by atoms with E-state index in [4.69, 9.17) is 5.73 Å². The zero-order valence-electron chi connectivity index (χ0n) is 11.9. The third-order valence-corrected chi connectivity index (χ3v) is 3.58. The predicted molar refractivity (Wildman–Crippen MR) is 86.2 cm³/mol. The van der Waals surface area contributed by atoms with Gasteiger partial charge in [-0.1, -0.05) is 48.5 Å². The number of nitrogens with two attached hydrogens (primary N) is 1. The second kappa shape index (κ2) is 7.44. The van der Waals surface area contributed by atoms with E-state index in [9.17, 15) is 5.11 Å². The van der Waals surface area contributed by atoms with Gasteiger partial charge in [0.2, 0.25) is 0 Å². The highest BCUT2D eigenvalue weighted by Gasteiger charge is 2.20. The Balaban J connectivity index is 0.00000200. The molecule has 0 radical (unpaired) electrons. The highest BCUT2D eigenvalue weighted by molar-refractivity contribution is 5.85. The maximum atomic E-state index is 10.3. The number of rotatable bonds is 4. The average Bonchev–Trinajstić information content (AvgIpc) is 2.39. The van der Waals surface area contributed by atoms with Gasteiger partial charge < -0.3 is 10.8 Å². The van der Waals surface area contributed by atoms with Crippen LogP contribution in [-0.2, 0) is 6.42 Å². The molecule has 0 heterocycles. The van der Waals surface area contributed by atoms with Gasteiger partial charge in [-0.15, -0.1) is 12.4 Å². The van der Waals surface area contributed by atoms with Crippen LogP contribution in [0.25, 0.3) is 0 Å². The van der Waals surface area contributed by atoms with Crippen LogP contribution >= 0.6 is 12.4 Å². The lowest BCUT2D eigenvalue weighted by Crippen LogP contribution is -2.29. The fourth-order valence-corrected chi connectivity index (χ4v) is 2.53. The van der Waals surface area contributed by atoms with Crippen molar-refractivity contribution >= 4 is 12.4 Å². The minimum absolute atomic E-state index is 0. The molecule has 0 fully saturated rings. The lowest BCUT2D eigenvalue weighted by molar-refractivity contribution is 0.144. The highest BCUT2D eigenvalue weighted by Crippen LogP contribution is 2.24. The van der Waals surface area contributed by atoms with Crippen LogP contribution in [0.15, 0.2) is 48.5 Å². The summed E-state index contributed by atoms with van der Waals surface area (Å²) in [6.07, 6.45) is 0.0117. The summed E-state index contributed by atoms with van der Waals surface area (Å²) in [5.41, 5.74) is 10.7. The van der Waals surface area contributed by atoms with Crippen LogP contribution < -0.4 is 5.73 Å². The molecule has 2 aromatic carbocycles. The summed E-state index contributed by atoms with van der Waals surface area (Å²) in [5.74, 6) is 0. The van der Waals surface area contributed by atoms with Crippen molar-refractivity contribution < 1.29 is 5.11 Å². The maximum Gasteiger partial charge on any atom is 0.0773 e. The van der Waals surface area contributed by atoms with Gasteiger partial charge in [-0.3, -0.25) is 0 Å². The van der Waals surface area contributed by atoms with Crippen LogP contribution in [0.3, 0.4) is 0 Å². The lowest BCUT2D eigenvalue weighted by atomic mass is 9.91. The van der Waals surface area contributed by atoms with Gasteiger partial charge in [-0.25, -0.2) is 0 Å². The highest BCUT2D eigenvalue weighted by atomic mass is 35.5. The van der Waals surface area contributed by atoms with E-state index in [-0.39, 0.29) is 18.4 Å². The van der Waals surface area contributed by atoms with E-state index >= 15 is 0 Å². The first kappa shape index (κ1) is 16.7. The summed E-state index contributed by atoms with van der Waals surface area (Å²) in [4.78, 5) is 0. The molecule has 2 rings (SSSR count). The van der Waals surface area contributed by atoms with E-state index in [0.29, 0.717) is 6.42 Å². The third kappa shape index (κ3) is 3.83. The Kier molecular flexibility index (Phi) is 6.21. The molecule has 2 nitrogen and oxygen atoms in total. The van der Waals surface area contributed by atoms with Gasteiger partial charge in [-0.2, -0.15) is 0 Å². The SMILES string of the molecule is Cc1cccc(C)c1[C@H](N)[C@H](O)Cc1ccccc1.Cl. The second-order valence-corrected chi connectivity index (χ2v) is 5.09. The predicted octanol–water partition coefficient (Wildman–Crippen LogP) is 3.33. The molecule has 0 saturated carbocycles. The maximum absolute atomic E-state index is 10.3. The zero-order valence-corrected chi connectivity index (χ0v) is 12.7. The van der Waals surface area contributed by atoms with E-state index in [0.717, 1.165) is 22.3 Å². The van der Waals surface area contributed by atoms with Crippen molar-refractivity contribution in [2.45, 2.75) is 32.4 Å². The summed E-state index contributed by atoms with van der Waals surface area (Å²) in [7, 11) is 0. The van der Waals surface area contributed by atoms with Crippen molar-refractivity contribution in [3.05, 3.63) is 70.8 Å². The van der Waals surface area contributed by atoms with Gasteiger partial charge in [0.1, 0.15) is 0 Å². The van der Waals surface area contributed by atoms with Gasteiger partial charge in [0.25, 0.3) is 0 Å². The van der Waals surface area contributed by atoms with Gasteiger partial charge >= 0.3 is 0 Å². The number of aliphatic hydroxyl groups is 1. The molecule has 0 bridgehead atoms. The smallest absolute Gasteiger partial charge is 0.0773 e. The second-order valence-electron chi connectivity index (χ2n) is 5.09. The fourth-order valence-electron chi connectivity index (χ4n) is 2.53. The third-order valence-electron chi connectivity index (χ3n) is 3.58. The zero-order chi connectivity index (χ0) is 13.8. The summed E-state index contributed by atoms with van der Waals surface area (Å²) < 4.78 is 0. The molecular weight excluding hydrogens is 270 g/mol. The van der Waals surface area contributed by atoms with Gasteiger partial charge in [0.15, 0.2) is 0 Å². The first-order valence-electron chi connectivity index (χ1n) is 6.63. The van der Waals surface area contributed by atoms with Crippen molar-refractivity contribution in [3.63, 3.8) is 0 Å². The fraction of sp³-hybridized carbons (Fsp3) is 0.294. The minimum Gasteiger partial charge on any atom is -0.391 e. The summed E-state index contributed by atoms with van der Waals surface area (Å²) in [6, 6.07) is 15.7. The Labute approximate surface area is 127 Å². The number of hydrogen-bond donors (Lipinski definition) is 2. The molecule has 2 atom stereocenters. The van der Waals surface area contributed by atoms with E-state index in [1.54, 1.807) is 0 Å². The van der Waals surface area contributed by atoms with E-state index in [2.05, 4.69) is 0 Å². The van der Waals surface area contributed by atoms with Crippen molar-refractivity contribution in [1.82, 2.24) is 0 Å². The molecule has 0 spiro atoms. The molecule has 0 amide bonds. The average molecular weight is 292 g/mol. The molecule has 108 valence electrons. The number of benzene rings is 2. The molecule has 0 aliphatic heterocycles. The number of aryl methyl sites for hydroxylation is 2. The molecule has 0 aliphatic carbocycles. The Hall–Kier alpha value is -1.35. The van der Waals surface area contributed by atoms with Crippen molar-refractivity contribution in [2.24, 2.45) is 5.73 Å². The number of halogens is 1. The quantitative estimate of drug-likeness (QED) is 0.908. The normalized spacial score (nSPS) is 13.4. The minimum atomic E-state index is -0.567.